The Labute approximate surface area is 99.0 Å². The summed E-state index contributed by atoms with van der Waals surface area (Å²) in [6.07, 6.45) is 1.04. The fraction of sp³-hybridized carbons (Fsp3) is 0.700. The third-order valence-electron chi connectivity index (χ3n) is 2.24. The first-order valence-corrected chi connectivity index (χ1v) is 5.55. The van der Waals surface area contributed by atoms with Crippen LogP contribution in [0.2, 0.25) is 0 Å². The lowest BCUT2D eigenvalue weighted by atomic mass is 10.5. The Morgan fingerprint density at radius 1 is 1.29 bits per heavy atom. The zero-order valence-electron chi connectivity index (χ0n) is 10.4. The highest BCUT2D eigenvalue weighted by atomic mass is 16.5. The molecular formula is C10H18N4O3. The van der Waals surface area contributed by atoms with Crippen molar-refractivity contribution in [2.45, 2.75) is 13.3 Å². The first kappa shape index (κ1) is 13.4. The predicted molar refractivity (Wildman–Crippen MR) is 63.4 cm³/mol. The van der Waals surface area contributed by atoms with Crippen LogP contribution >= 0.6 is 0 Å². The average Bonchev–Trinajstić information content (AvgIpc) is 2.32. The van der Waals surface area contributed by atoms with Crippen LogP contribution in [-0.2, 0) is 14.1 Å². The van der Waals surface area contributed by atoms with Gasteiger partial charge in [0, 0.05) is 20.6 Å². The summed E-state index contributed by atoms with van der Waals surface area (Å²) >= 11 is 0. The molecule has 7 nitrogen and oxygen atoms in total. The van der Waals surface area contributed by atoms with Crippen LogP contribution in [0.4, 0.5) is 0 Å². The number of nitrogens with zero attached hydrogens (tertiary/aromatic N) is 3. The first-order valence-electron chi connectivity index (χ1n) is 5.55. The maximum absolute atomic E-state index is 11.6. The monoisotopic (exact) mass is 242 g/mol. The van der Waals surface area contributed by atoms with Crippen LogP contribution in [0.25, 0.3) is 0 Å². The van der Waals surface area contributed by atoms with Gasteiger partial charge >= 0.3 is 11.2 Å². The summed E-state index contributed by atoms with van der Waals surface area (Å²) in [4.78, 5) is 23.0. The van der Waals surface area contributed by atoms with E-state index in [-0.39, 0.29) is 5.88 Å². The summed E-state index contributed by atoms with van der Waals surface area (Å²) < 4.78 is 7.29. The molecule has 0 spiro atoms. The molecule has 0 bridgehead atoms. The minimum Gasteiger partial charge on any atom is -0.471 e. The number of rotatable bonds is 6. The summed E-state index contributed by atoms with van der Waals surface area (Å²) in [6, 6.07) is 0. The SMILES string of the molecule is CCCNCCOc1nn(C)c(=O)n(C)c1=O. The number of hydrogen-bond donors (Lipinski definition) is 1. The molecule has 17 heavy (non-hydrogen) atoms. The van der Waals surface area contributed by atoms with E-state index in [0.29, 0.717) is 13.2 Å². The van der Waals surface area contributed by atoms with Gasteiger partial charge in [-0.15, -0.1) is 5.10 Å². The van der Waals surface area contributed by atoms with Crippen LogP contribution in [0.15, 0.2) is 9.59 Å². The van der Waals surface area contributed by atoms with Crippen molar-refractivity contribution in [2.24, 2.45) is 14.1 Å². The molecule has 0 saturated heterocycles. The van der Waals surface area contributed by atoms with Crippen LogP contribution < -0.4 is 21.3 Å². The van der Waals surface area contributed by atoms with Crippen LogP contribution in [0, 0.1) is 0 Å². The zero-order valence-corrected chi connectivity index (χ0v) is 10.4. The van der Waals surface area contributed by atoms with Crippen molar-refractivity contribution in [3.8, 4) is 5.88 Å². The summed E-state index contributed by atoms with van der Waals surface area (Å²) in [6.45, 7) is 3.96. The lowest BCUT2D eigenvalue weighted by molar-refractivity contribution is 0.284. The molecule has 0 aliphatic heterocycles. The third-order valence-corrected chi connectivity index (χ3v) is 2.24. The average molecular weight is 242 g/mol. The first-order chi connectivity index (χ1) is 8.07. The molecule has 7 heteroatoms. The maximum Gasteiger partial charge on any atom is 0.347 e. The molecule has 1 aromatic rings. The molecular weight excluding hydrogens is 224 g/mol. The van der Waals surface area contributed by atoms with Crippen LogP contribution in [0.1, 0.15) is 13.3 Å². The summed E-state index contributed by atoms with van der Waals surface area (Å²) in [5.41, 5.74) is -0.977. The summed E-state index contributed by atoms with van der Waals surface area (Å²) in [5, 5.41) is 6.91. The number of aryl methyl sites for hydroxylation is 1. The topological polar surface area (TPSA) is 78.2 Å². The normalized spacial score (nSPS) is 10.5. The highest BCUT2D eigenvalue weighted by molar-refractivity contribution is 5.01. The van der Waals surface area contributed by atoms with Crippen molar-refractivity contribution < 1.29 is 4.74 Å². The van der Waals surface area contributed by atoms with Crippen molar-refractivity contribution >= 4 is 0 Å². The summed E-state index contributed by atoms with van der Waals surface area (Å²) in [5.74, 6) is -0.0482. The standard InChI is InChI=1S/C10H18N4O3/c1-4-5-11-6-7-17-8-9(15)13(2)10(16)14(3)12-8/h11H,4-7H2,1-3H3. The van der Waals surface area contributed by atoms with E-state index in [2.05, 4.69) is 17.3 Å². The fourth-order valence-corrected chi connectivity index (χ4v) is 1.28. The minimum atomic E-state index is -0.511. The molecule has 0 aromatic carbocycles. The van der Waals surface area contributed by atoms with Crippen LogP contribution in [0.5, 0.6) is 5.88 Å². The molecule has 96 valence electrons. The van der Waals surface area contributed by atoms with Crippen molar-refractivity contribution in [3.63, 3.8) is 0 Å². The molecule has 1 rings (SSSR count). The third kappa shape index (κ3) is 3.42. The van der Waals surface area contributed by atoms with E-state index in [9.17, 15) is 9.59 Å². The molecule has 0 saturated carbocycles. The molecule has 1 heterocycles. The lowest BCUT2D eigenvalue weighted by Gasteiger charge is -2.07. The molecule has 0 radical (unpaired) electrons. The number of aromatic nitrogens is 3. The lowest BCUT2D eigenvalue weighted by Crippen LogP contribution is -2.39. The van der Waals surface area contributed by atoms with Gasteiger partial charge < -0.3 is 10.1 Å². The van der Waals surface area contributed by atoms with Gasteiger partial charge in [-0.2, -0.15) is 0 Å². The van der Waals surface area contributed by atoms with E-state index in [4.69, 9.17) is 4.74 Å². The largest absolute Gasteiger partial charge is 0.471 e. The van der Waals surface area contributed by atoms with Gasteiger partial charge in [-0.3, -0.25) is 9.36 Å². The van der Waals surface area contributed by atoms with Crippen LogP contribution in [0.3, 0.4) is 0 Å². The second-order valence-corrected chi connectivity index (χ2v) is 3.67. The second kappa shape index (κ2) is 6.19. The van der Waals surface area contributed by atoms with E-state index in [1.165, 1.54) is 14.1 Å². The molecule has 1 aromatic heterocycles. The van der Waals surface area contributed by atoms with Crippen molar-refractivity contribution in [1.29, 1.82) is 0 Å². The predicted octanol–water partition coefficient (Wildman–Crippen LogP) is -1.14. The van der Waals surface area contributed by atoms with Gasteiger partial charge in [0.15, 0.2) is 0 Å². The maximum atomic E-state index is 11.6. The van der Waals surface area contributed by atoms with Gasteiger partial charge in [0.25, 0.3) is 5.88 Å². The van der Waals surface area contributed by atoms with Gasteiger partial charge in [0.1, 0.15) is 6.61 Å². The van der Waals surface area contributed by atoms with Gasteiger partial charge in [-0.05, 0) is 13.0 Å². The van der Waals surface area contributed by atoms with E-state index >= 15 is 0 Å². The van der Waals surface area contributed by atoms with Gasteiger partial charge in [0.05, 0.1) is 0 Å². The summed E-state index contributed by atoms with van der Waals surface area (Å²) in [7, 11) is 2.87. The van der Waals surface area contributed by atoms with E-state index in [1.54, 1.807) is 0 Å². The number of nitrogens with one attached hydrogen (secondary N) is 1. The Balaban J connectivity index is 2.66. The Morgan fingerprint density at radius 2 is 2.00 bits per heavy atom. The number of hydrogen-bond acceptors (Lipinski definition) is 5. The Kier molecular flexibility index (Phi) is 4.89. The van der Waals surface area contributed by atoms with E-state index in [0.717, 1.165) is 22.2 Å². The molecule has 0 atom stereocenters. The second-order valence-electron chi connectivity index (χ2n) is 3.67. The smallest absolute Gasteiger partial charge is 0.347 e. The molecule has 0 aliphatic rings. The number of ether oxygens (including phenoxy) is 1. The highest BCUT2D eigenvalue weighted by Crippen LogP contribution is 1.91. The molecule has 0 amide bonds. The van der Waals surface area contributed by atoms with Crippen molar-refractivity contribution in [3.05, 3.63) is 20.8 Å². The van der Waals surface area contributed by atoms with Crippen LogP contribution in [-0.4, -0.2) is 34.0 Å². The van der Waals surface area contributed by atoms with Gasteiger partial charge in [-0.25, -0.2) is 9.48 Å². The molecule has 1 N–H and O–H groups in total. The Morgan fingerprint density at radius 3 is 2.65 bits per heavy atom. The fourth-order valence-electron chi connectivity index (χ4n) is 1.28. The van der Waals surface area contributed by atoms with Crippen molar-refractivity contribution in [2.75, 3.05) is 19.7 Å². The molecule has 0 unspecified atom stereocenters. The molecule has 0 aliphatic carbocycles. The van der Waals surface area contributed by atoms with Gasteiger partial charge in [0.2, 0.25) is 0 Å². The van der Waals surface area contributed by atoms with Gasteiger partial charge in [-0.1, -0.05) is 6.92 Å². The Bertz CT molecular complexity index is 477. The minimum absolute atomic E-state index is 0.0482. The Hall–Kier alpha value is -1.63. The van der Waals surface area contributed by atoms with Crippen molar-refractivity contribution in [1.82, 2.24) is 19.7 Å². The molecule has 0 fully saturated rings. The quantitative estimate of drug-likeness (QED) is 0.638. The van der Waals surface area contributed by atoms with E-state index in [1.807, 2.05) is 0 Å². The van der Waals surface area contributed by atoms with E-state index < -0.39 is 11.2 Å². The zero-order chi connectivity index (χ0) is 12.8. The highest BCUT2D eigenvalue weighted by Gasteiger charge is 2.09.